The number of hydrogen-bond donors (Lipinski definition) is 0. The lowest BCUT2D eigenvalue weighted by atomic mass is 9.83. The smallest absolute Gasteiger partial charge is 0.167 e. The van der Waals surface area contributed by atoms with Gasteiger partial charge in [0.25, 0.3) is 0 Å². The van der Waals surface area contributed by atoms with Gasteiger partial charge in [0, 0.05) is 32.7 Å². The molecule has 0 saturated heterocycles. The van der Waals surface area contributed by atoms with Crippen molar-refractivity contribution < 1.29 is 8.83 Å². The van der Waals surface area contributed by atoms with Gasteiger partial charge in [0.05, 0.1) is 11.1 Å². The van der Waals surface area contributed by atoms with E-state index in [1.807, 2.05) is 54.6 Å². The first-order chi connectivity index (χ1) is 29.8. The van der Waals surface area contributed by atoms with Crippen molar-refractivity contribution in [1.29, 1.82) is 0 Å². The maximum atomic E-state index is 6.63. The Balaban J connectivity index is 1.24. The molecule has 0 spiro atoms. The van der Waals surface area contributed by atoms with Gasteiger partial charge in [-0.15, -0.1) is 0 Å². The Morgan fingerprint density at radius 2 is 0.683 bits per heavy atom. The quantitative estimate of drug-likeness (QED) is 0.169. The Morgan fingerprint density at radius 3 is 1.27 bits per heavy atom. The summed E-state index contributed by atoms with van der Waals surface area (Å²) in [6.07, 6.45) is 0. The highest BCUT2D eigenvalue weighted by molar-refractivity contribution is 6.12. The average molecular weight is 768 g/mol. The van der Waals surface area contributed by atoms with Gasteiger partial charge < -0.3 is 8.83 Å². The number of fused-ring (bicyclic) bond motifs is 7. The molecule has 0 unspecified atom stereocenters. The predicted octanol–water partition coefficient (Wildman–Crippen LogP) is 14.8. The second kappa shape index (κ2) is 13.8. The molecule has 5 heteroatoms. The van der Waals surface area contributed by atoms with Crippen LogP contribution in [0.25, 0.3) is 122 Å². The molecule has 0 radical (unpaired) electrons. The number of furan rings is 2. The van der Waals surface area contributed by atoms with Crippen LogP contribution in [0.1, 0.15) is 0 Å². The lowest BCUT2D eigenvalue weighted by molar-refractivity contribution is 0.669. The molecule has 12 rings (SSSR count). The van der Waals surface area contributed by atoms with Crippen molar-refractivity contribution in [3.63, 3.8) is 0 Å². The van der Waals surface area contributed by atoms with E-state index in [0.717, 1.165) is 105 Å². The molecule has 0 amide bonds. The summed E-state index contributed by atoms with van der Waals surface area (Å²) in [7, 11) is 0. The molecule has 0 aliphatic rings. The van der Waals surface area contributed by atoms with Crippen molar-refractivity contribution in [1.82, 2.24) is 15.0 Å². The fourth-order valence-electron chi connectivity index (χ4n) is 8.85. The molecule has 0 atom stereocenters. The number of nitrogens with zero attached hydrogens (tertiary/aromatic N) is 3. The van der Waals surface area contributed by atoms with Crippen LogP contribution in [0.15, 0.2) is 209 Å². The van der Waals surface area contributed by atoms with Crippen molar-refractivity contribution in [2.45, 2.75) is 0 Å². The Hall–Kier alpha value is -8.15. The van der Waals surface area contributed by atoms with E-state index in [-0.39, 0.29) is 0 Å². The Bertz CT molecular complexity index is 3470. The predicted molar refractivity (Wildman–Crippen MR) is 245 cm³/mol. The first-order valence-electron chi connectivity index (χ1n) is 20.1. The molecule has 9 aromatic carbocycles. The van der Waals surface area contributed by atoms with Gasteiger partial charge in [0.1, 0.15) is 22.3 Å². The summed E-state index contributed by atoms with van der Waals surface area (Å²) < 4.78 is 13.3. The summed E-state index contributed by atoms with van der Waals surface area (Å²) in [6.45, 7) is 0. The highest BCUT2D eigenvalue weighted by Gasteiger charge is 2.26. The molecule has 0 N–H and O–H groups in total. The lowest BCUT2D eigenvalue weighted by Crippen LogP contribution is -2.04. The zero-order valence-corrected chi connectivity index (χ0v) is 32.2. The Labute approximate surface area is 344 Å². The molecule has 5 nitrogen and oxygen atoms in total. The van der Waals surface area contributed by atoms with Gasteiger partial charge in [-0.1, -0.05) is 176 Å². The van der Waals surface area contributed by atoms with Crippen LogP contribution in [0.5, 0.6) is 0 Å². The molecule has 3 heterocycles. The minimum atomic E-state index is 0.501. The van der Waals surface area contributed by atoms with E-state index >= 15 is 0 Å². The highest BCUT2D eigenvalue weighted by atomic mass is 16.3. The molecule has 280 valence electrons. The summed E-state index contributed by atoms with van der Waals surface area (Å²) in [5.74, 6) is 1.54. The van der Waals surface area contributed by atoms with Crippen molar-refractivity contribution in [3.8, 4) is 67.5 Å². The van der Waals surface area contributed by atoms with Crippen LogP contribution in [0.4, 0.5) is 0 Å². The van der Waals surface area contributed by atoms with Crippen LogP contribution < -0.4 is 0 Å². The molecule has 0 saturated carbocycles. The van der Waals surface area contributed by atoms with Gasteiger partial charge in [-0.25, -0.2) is 15.0 Å². The average Bonchev–Trinajstić information content (AvgIpc) is 3.90. The van der Waals surface area contributed by atoms with Crippen LogP contribution >= 0.6 is 0 Å². The normalized spacial score (nSPS) is 11.7. The molecular weight excluding hydrogens is 735 g/mol. The minimum absolute atomic E-state index is 0.501. The first-order valence-corrected chi connectivity index (χ1v) is 20.1. The summed E-state index contributed by atoms with van der Waals surface area (Å²) in [6, 6.07) is 69.3. The van der Waals surface area contributed by atoms with Crippen molar-refractivity contribution in [3.05, 3.63) is 200 Å². The zero-order valence-electron chi connectivity index (χ0n) is 32.2. The largest absolute Gasteiger partial charge is 0.455 e. The summed E-state index contributed by atoms with van der Waals surface area (Å²) in [4.78, 5) is 16.4. The van der Waals surface area contributed by atoms with E-state index in [1.165, 1.54) is 0 Å². The topological polar surface area (TPSA) is 65.0 Å². The number of aromatic nitrogens is 3. The molecule has 3 aromatic heterocycles. The van der Waals surface area contributed by atoms with E-state index in [4.69, 9.17) is 23.8 Å². The van der Waals surface area contributed by atoms with E-state index in [1.54, 1.807) is 0 Å². The van der Waals surface area contributed by atoms with E-state index in [2.05, 4.69) is 146 Å². The summed E-state index contributed by atoms with van der Waals surface area (Å²) >= 11 is 0. The fraction of sp³-hybridized carbons (Fsp3) is 0. The first kappa shape index (κ1) is 33.9. The summed E-state index contributed by atoms with van der Waals surface area (Å²) in [5.41, 5.74) is 11.8. The van der Waals surface area contributed by atoms with Crippen LogP contribution in [0, 0.1) is 0 Å². The fourth-order valence-corrected chi connectivity index (χ4v) is 8.85. The number of benzene rings is 9. The van der Waals surface area contributed by atoms with Crippen molar-refractivity contribution in [2.75, 3.05) is 0 Å². The highest BCUT2D eigenvalue weighted by Crippen LogP contribution is 2.48. The maximum Gasteiger partial charge on any atom is 0.167 e. The van der Waals surface area contributed by atoms with Gasteiger partial charge in [-0.3, -0.25) is 0 Å². The van der Waals surface area contributed by atoms with Gasteiger partial charge in [0.15, 0.2) is 17.5 Å². The van der Waals surface area contributed by atoms with Gasteiger partial charge >= 0.3 is 0 Å². The van der Waals surface area contributed by atoms with Crippen molar-refractivity contribution in [2.24, 2.45) is 0 Å². The zero-order chi connectivity index (χ0) is 39.6. The van der Waals surface area contributed by atoms with Gasteiger partial charge in [0.2, 0.25) is 0 Å². The van der Waals surface area contributed by atoms with Crippen LogP contribution in [-0.4, -0.2) is 15.0 Å². The van der Waals surface area contributed by atoms with E-state index < -0.39 is 0 Å². The number of para-hydroxylation sites is 4. The van der Waals surface area contributed by atoms with Crippen LogP contribution in [0.3, 0.4) is 0 Å². The SMILES string of the molecule is c1ccc(-c2ccc(-c3ccccc3)c(-c3cccc4ccccc34)c2-c2nc(-c3cccc4c3oc3ccccc34)nc(-c3cccc4c3oc3ccccc34)n2)cc1. The number of rotatable bonds is 6. The van der Waals surface area contributed by atoms with Gasteiger partial charge in [-0.05, 0) is 62.9 Å². The standard InChI is InChI=1S/C55H33N3O2/c1-3-16-35(17-4-1)38-32-33-39(36-18-5-2-6-19-36)50(49(38)42-25-13-21-34-20-7-8-22-37(34)42)55-57-53(45-28-14-26-43-40-23-9-11-30-47(40)59-51(43)45)56-54(58-55)46-29-15-27-44-41-24-10-12-31-48(41)60-52(44)46/h1-33H. The third kappa shape index (κ3) is 5.44. The Kier molecular flexibility index (Phi) is 7.78. The molecule has 0 bridgehead atoms. The lowest BCUT2D eigenvalue weighted by Gasteiger charge is -2.21. The van der Waals surface area contributed by atoms with Crippen molar-refractivity contribution >= 4 is 54.6 Å². The molecule has 0 fully saturated rings. The van der Waals surface area contributed by atoms with E-state index in [9.17, 15) is 0 Å². The number of hydrogen-bond acceptors (Lipinski definition) is 5. The third-order valence-corrected chi connectivity index (χ3v) is 11.6. The third-order valence-electron chi connectivity index (χ3n) is 11.6. The molecule has 12 aromatic rings. The van der Waals surface area contributed by atoms with Gasteiger partial charge in [-0.2, -0.15) is 0 Å². The molecular formula is C55H33N3O2. The summed E-state index contributed by atoms with van der Waals surface area (Å²) in [5, 5.41) is 6.36. The molecule has 60 heavy (non-hydrogen) atoms. The second-order valence-corrected chi connectivity index (χ2v) is 15.0. The Morgan fingerprint density at radius 1 is 0.267 bits per heavy atom. The molecule has 0 aliphatic carbocycles. The second-order valence-electron chi connectivity index (χ2n) is 15.0. The van der Waals surface area contributed by atoms with E-state index in [0.29, 0.717) is 17.5 Å². The molecule has 0 aliphatic heterocycles. The van der Waals surface area contributed by atoms with Crippen LogP contribution in [0.2, 0.25) is 0 Å². The maximum absolute atomic E-state index is 6.63. The monoisotopic (exact) mass is 767 g/mol. The van der Waals surface area contributed by atoms with Crippen LogP contribution in [-0.2, 0) is 0 Å². The minimum Gasteiger partial charge on any atom is -0.455 e.